The first-order valence-corrected chi connectivity index (χ1v) is 11.3. The molecule has 0 bridgehead atoms. The Morgan fingerprint density at radius 2 is 2.17 bits per heavy atom. The summed E-state index contributed by atoms with van der Waals surface area (Å²) >= 11 is 3.11. The Balaban J connectivity index is 1.25. The second-order valence-corrected chi connectivity index (χ2v) is 9.01. The van der Waals surface area contributed by atoms with Gasteiger partial charge in [-0.2, -0.15) is 0 Å². The van der Waals surface area contributed by atoms with Gasteiger partial charge >= 0.3 is 0 Å². The molecule has 1 aliphatic rings. The second-order valence-electron chi connectivity index (χ2n) is 6.89. The highest BCUT2D eigenvalue weighted by Crippen LogP contribution is 2.33. The van der Waals surface area contributed by atoms with Gasteiger partial charge in [0.25, 0.3) is 0 Å². The molecule has 0 radical (unpaired) electrons. The summed E-state index contributed by atoms with van der Waals surface area (Å²) in [5.41, 5.74) is 0.882. The number of nitrogens with one attached hydrogen (secondary N) is 1. The molecule has 0 atom stereocenters. The average molecular weight is 441 g/mol. The third kappa shape index (κ3) is 4.31. The first-order valence-electron chi connectivity index (χ1n) is 9.71. The molecular weight excluding hydrogens is 420 g/mol. The molecule has 1 aromatic carbocycles. The third-order valence-corrected chi connectivity index (χ3v) is 6.78. The molecule has 30 heavy (non-hydrogen) atoms. The molecule has 4 aromatic rings. The highest BCUT2D eigenvalue weighted by atomic mass is 32.2. The highest BCUT2D eigenvalue weighted by Gasteiger charge is 2.14. The number of nitrogens with zero attached hydrogens (tertiary/aromatic N) is 5. The van der Waals surface area contributed by atoms with Gasteiger partial charge in [0.05, 0.1) is 29.6 Å². The number of fused-ring (bicyclic) bond motifs is 2. The van der Waals surface area contributed by atoms with Gasteiger partial charge in [-0.25, -0.2) is 15.0 Å². The quantitative estimate of drug-likeness (QED) is 0.493. The Labute approximate surface area is 181 Å². The zero-order valence-electron chi connectivity index (χ0n) is 16.2. The number of thiazole rings is 1. The number of imidazole rings is 1. The maximum atomic E-state index is 12.3. The number of ether oxygens (including phenoxy) is 1. The van der Waals surface area contributed by atoms with E-state index in [4.69, 9.17) is 4.74 Å². The topological polar surface area (TPSA) is 84.6 Å². The molecule has 1 aliphatic heterocycles. The monoisotopic (exact) mass is 440 g/mol. The van der Waals surface area contributed by atoms with Crippen molar-refractivity contribution in [3.8, 4) is 0 Å². The molecule has 0 saturated carbocycles. The number of hydrogen-bond donors (Lipinski definition) is 1. The molecular formula is C20H20N6O2S2. The minimum absolute atomic E-state index is 0.00613. The molecule has 10 heteroatoms. The van der Waals surface area contributed by atoms with Crippen LogP contribution in [0.15, 0.2) is 52.8 Å². The number of aromatic nitrogens is 4. The molecule has 1 saturated heterocycles. The standard InChI is InChI=1S/C20H20N6O2S2/c27-17(4-7-25-8-10-28-11-9-25)24-20-23-15-3-2-14(12-16(15)30-20)29-18-13-22-19-21-5-1-6-26(18)19/h1-3,5-6,12-13H,4,7-11H2,(H,23,24,27). The van der Waals surface area contributed by atoms with E-state index in [1.54, 1.807) is 18.0 Å². The van der Waals surface area contributed by atoms with E-state index >= 15 is 0 Å². The number of rotatable bonds is 6. The lowest BCUT2D eigenvalue weighted by Gasteiger charge is -2.26. The number of amides is 1. The molecule has 3 aromatic heterocycles. The summed E-state index contributed by atoms with van der Waals surface area (Å²) in [5, 5.41) is 4.58. The van der Waals surface area contributed by atoms with Crippen molar-refractivity contribution in [3.05, 3.63) is 42.9 Å². The van der Waals surface area contributed by atoms with Crippen molar-refractivity contribution in [3.63, 3.8) is 0 Å². The van der Waals surface area contributed by atoms with Gasteiger partial charge in [-0.1, -0.05) is 23.1 Å². The largest absolute Gasteiger partial charge is 0.379 e. The Morgan fingerprint density at radius 3 is 3.07 bits per heavy atom. The average Bonchev–Trinajstić information content (AvgIpc) is 3.36. The zero-order valence-corrected chi connectivity index (χ0v) is 17.8. The summed E-state index contributed by atoms with van der Waals surface area (Å²) in [7, 11) is 0. The number of anilines is 1. The first-order chi connectivity index (χ1) is 14.7. The predicted molar refractivity (Wildman–Crippen MR) is 117 cm³/mol. The van der Waals surface area contributed by atoms with Crippen LogP contribution >= 0.6 is 23.1 Å². The van der Waals surface area contributed by atoms with Gasteiger partial charge in [-0.05, 0) is 24.3 Å². The smallest absolute Gasteiger partial charge is 0.234 e. The van der Waals surface area contributed by atoms with E-state index in [0.29, 0.717) is 17.3 Å². The highest BCUT2D eigenvalue weighted by molar-refractivity contribution is 7.99. The molecule has 154 valence electrons. The molecule has 0 aliphatic carbocycles. The SMILES string of the molecule is O=C(CCN1CCOCC1)Nc1nc2ccc(Sc3cnc4ncccn34)cc2s1. The van der Waals surface area contributed by atoms with Crippen molar-refractivity contribution in [1.29, 1.82) is 0 Å². The lowest BCUT2D eigenvalue weighted by atomic mass is 10.3. The fourth-order valence-corrected chi connectivity index (χ4v) is 5.19. The van der Waals surface area contributed by atoms with Gasteiger partial charge < -0.3 is 10.1 Å². The molecule has 0 unspecified atom stereocenters. The normalized spacial score (nSPS) is 15.1. The van der Waals surface area contributed by atoms with Gasteiger partial charge in [-0.3, -0.25) is 14.1 Å². The fraction of sp³-hybridized carbons (Fsp3) is 0.300. The number of hydrogen-bond acceptors (Lipinski definition) is 8. The van der Waals surface area contributed by atoms with Gasteiger partial charge in [0.15, 0.2) is 5.13 Å². The maximum Gasteiger partial charge on any atom is 0.234 e. The molecule has 1 fully saturated rings. The van der Waals surface area contributed by atoms with Gasteiger partial charge in [-0.15, -0.1) is 0 Å². The number of benzene rings is 1. The van der Waals surface area contributed by atoms with Crippen molar-refractivity contribution in [2.24, 2.45) is 0 Å². The van der Waals surface area contributed by atoms with Gasteiger partial charge in [0, 0.05) is 43.3 Å². The van der Waals surface area contributed by atoms with E-state index in [0.717, 1.165) is 53.0 Å². The summed E-state index contributed by atoms with van der Waals surface area (Å²) < 4.78 is 8.34. The van der Waals surface area contributed by atoms with E-state index in [1.165, 1.54) is 11.3 Å². The van der Waals surface area contributed by atoms with E-state index in [9.17, 15) is 4.79 Å². The first kappa shape index (κ1) is 19.4. The van der Waals surface area contributed by atoms with Gasteiger partial charge in [0.2, 0.25) is 11.7 Å². The van der Waals surface area contributed by atoms with E-state index in [1.807, 2.05) is 35.0 Å². The number of carbonyl (C=O) groups is 1. The van der Waals surface area contributed by atoms with Crippen LogP contribution in [-0.2, 0) is 9.53 Å². The van der Waals surface area contributed by atoms with Gasteiger partial charge in [0.1, 0.15) is 5.03 Å². The van der Waals surface area contributed by atoms with Crippen LogP contribution in [0.5, 0.6) is 0 Å². The Morgan fingerprint density at radius 1 is 1.27 bits per heavy atom. The molecule has 8 nitrogen and oxygen atoms in total. The Hall–Kier alpha value is -2.53. The van der Waals surface area contributed by atoms with E-state index in [-0.39, 0.29) is 5.91 Å². The van der Waals surface area contributed by atoms with Crippen LogP contribution in [0.25, 0.3) is 16.0 Å². The Kier molecular flexibility index (Phi) is 5.63. The number of carbonyl (C=O) groups excluding carboxylic acids is 1. The third-order valence-electron chi connectivity index (χ3n) is 4.84. The summed E-state index contributed by atoms with van der Waals surface area (Å²) in [6.07, 6.45) is 5.97. The summed E-state index contributed by atoms with van der Waals surface area (Å²) in [5.74, 6) is 0.675. The number of morpholine rings is 1. The van der Waals surface area contributed by atoms with Crippen LogP contribution < -0.4 is 5.32 Å². The molecule has 1 N–H and O–H groups in total. The second kappa shape index (κ2) is 8.68. The van der Waals surface area contributed by atoms with Crippen LogP contribution in [0, 0.1) is 0 Å². The molecule has 4 heterocycles. The van der Waals surface area contributed by atoms with Crippen LogP contribution in [-0.4, -0.2) is 63.0 Å². The van der Waals surface area contributed by atoms with Crippen molar-refractivity contribution >= 4 is 50.1 Å². The lowest BCUT2D eigenvalue weighted by Crippen LogP contribution is -2.38. The summed E-state index contributed by atoms with van der Waals surface area (Å²) in [6, 6.07) is 8.00. The lowest BCUT2D eigenvalue weighted by molar-refractivity contribution is -0.116. The van der Waals surface area contributed by atoms with Crippen LogP contribution in [0.1, 0.15) is 6.42 Å². The van der Waals surface area contributed by atoms with E-state index in [2.05, 4.69) is 31.2 Å². The fourth-order valence-electron chi connectivity index (χ4n) is 3.29. The van der Waals surface area contributed by atoms with Crippen molar-refractivity contribution in [2.75, 3.05) is 38.2 Å². The van der Waals surface area contributed by atoms with Crippen LogP contribution in [0.2, 0.25) is 0 Å². The van der Waals surface area contributed by atoms with Crippen molar-refractivity contribution in [2.45, 2.75) is 16.3 Å². The minimum atomic E-state index is -0.00613. The summed E-state index contributed by atoms with van der Waals surface area (Å²) in [4.78, 5) is 28.8. The Bertz CT molecular complexity index is 1180. The van der Waals surface area contributed by atoms with Crippen molar-refractivity contribution in [1.82, 2.24) is 24.3 Å². The van der Waals surface area contributed by atoms with Crippen molar-refractivity contribution < 1.29 is 9.53 Å². The molecule has 0 spiro atoms. The minimum Gasteiger partial charge on any atom is -0.379 e. The van der Waals surface area contributed by atoms with E-state index < -0.39 is 0 Å². The molecule has 5 rings (SSSR count). The predicted octanol–water partition coefficient (Wildman–Crippen LogP) is 3.15. The molecule has 1 amide bonds. The van der Waals surface area contributed by atoms with Crippen LogP contribution in [0.4, 0.5) is 5.13 Å². The summed E-state index contributed by atoms with van der Waals surface area (Å²) in [6.45, 7) is 4.00. The van der Waals surface area contributed by atoms with Crippen LogP contribution in [0.3, 0.4) is 0 Å². The maximum absolute atomic E-state index is 12.3. The zero-order chi connectivity index (χ0) is 20.3.